The number of para-hydroxylation sites is 1. The molecule has 0 bridgehead atoms. The number of esters is 1. The largest absolute Gasteiger partial charge is 0.451 e. The van der Waals surface area contributed by atoms with Crippen LogP contribution in [0.2, 0.25) is 0 Å². The van der Waals surface area contributed by atoms with Gasteiger partial charge in [0.15, 0.2) is 17.5 Å². The first kappa shape index (κ1) is 24.5. The maximum Gasteiger partial charge on any atom is 0.357 e. The Morgan fingerprint density at radius 2 is 1.85 bits per heavy atom. The molecule has 1 N–H and O–H groups in total. The highest BCUT2D eigenvalue weighted by atomic mass is 32.2. The third kappa shape index (κ3) is 5.44. The smallest absolute Gasteiger partial charge is 0.357 e. The van der Waals surface area contributed by atoms with Gasteiger partial charge in [-0.15, -0.1) is 0 Å². The number of amides is 1. The molecule has 0 saturated carbocycles. The number of aryl methyl sites for hydroxylation is 1. The molecule has 3 rings (SSSR count). The molecule has 1 amide bonds. The number of benzene rings is 2. The highest BCUT2D eigenvalue weighted by molar-refractivity contribution is 7.98. The zero-order valence-electron chi connectivity index (χ0n) is 18.6. The SMILES string of the molecule is CSc1ncc(C(=O)OCC(=O)Nc2ccc(C)c(S(=O)(=O)N(C)C)c2)n1-c1ccccc1. The van der Waals surface area contributed by atoms with Crippen LogP contribution in [0.5, 0.6) is 0 Å². The number of carbonyl (C=O) groups is 2. The lowest BCUT2D eigenvalue weighted by Gasteiger charge is -2.15. The number of aromatic nitrogens is 2. The van der Waals surface area contributed by atoms with Crippen molar-refractivity contribution in [3.05, 3.63) is 66.0 Å². The maximum absolute atomic E-state index is 12.7. The fourth-order valence-electron chi connectivity index (χ4n) is 3.00. The van der Waals surface area contributed by atoms with Crippen LogP contribution in [0.3, 0.4) is 0 Å². The fourth-order valence-corrected chi connectivity index (χ4v) is 4.69. The van der Waals surface area contributed by atoms with E-state index in [-0.39, 0.29) is 16.3 Å². The predicted octanol–water partition coefficient (Wildman–Crippen LogP) is 2.95. The van der Waals surface area contributed by atoms with Gasteiger partial charge in [0.2, 0.25) is 10.0 Å². The molecule has 9 nitrogen and oxygen atoms in total. The zero-order valence-corrected chi connectivity index (χ0v) is 20.2. The molecule has 0 radical (unpaired) electrons. The number of anilines is 1. The van der Waals surface area contributed by atoms with E-state index < -0.39 is 28.5 Å². The van der Waals surface area contributed by atoms with Gasteiger partial charge in [0.05, 0.1) is 11.1 Å². The number of sulfonamides is 1. The van der Waals surface area contributed by atoms with E-state index in [4.69, 9.17) is 4.74 Å². The monoisotopic (exact) mass is 488 g/mol. The Hall–Kier alpha value is -3.15. The second-order valence-corrected chi connectivity index (χ2v) is 10.1. The van der Waals surface area contributed by atoms with Crippen LogP contribution in [-0.2, 0) is 19.6 Å². The summed E-state index contributed by atoms with van der Waals surface area (Å²) in [7, 11) is -0.809. The molecule has 0 aliphatic heterocycles. The fraction of sp³-hybridized carbons (Fsp3) is 0.227. The van der Waals surface area contributed by atoms with Gasteiger partial charge in [0.25, 0.3) is 5.91 Å². The summed E-state index contributed by atoms with van der Waals surface area (Å²) in [5, 5.41) is 3.17. The topological polar surface area (TPSA) is 111 Å². The van der Waals surface area contributed by atoms with E-state index in [1.165, 1.54) is 38.1 Å². The molecule has 0 spiro atoms. The van der Waals surface area contributed by atoms with Gasteiger partial charge in [-0.3, -0.25) is 9.36 Å². The van der Waals surface area contributed by atoms with E-state index in [0.29, 0.717) is 10.7 Å². The number of hydrogen-bond acceptors (Lipinski definition) is 7. The molecule has 0 unspecified atom stereocenters. The Bertz CT molecular complexity index is 1270. The summed E-state index contributed by atoms with van der Waals surface area (Å²) in [6, 6.07) is 13.8. The Balaban J connectivity index is 1.72. The normalized spacial score (nSPS) is 11.4. The number of rotatable bonds is 8. The van der Waals surface area contributed by atoms with E-state index in [2.05, 4.69) is 10.3 Å². The van der Waals surface area contributed by atoms with Crippen molar-refractivity contribution in [2.75, 3.05) is 32.3 Å². The molecule has 0 aliphatic rings. The molecule has 174 valence electrons. The molecule has 0 aliphatic carbocycles. The first-order valence-electron chi connectivity index (χ1n) is 9.82. The van der Waals surface area contributed by atoms with Crippen LogP contribution in [0, 0.1) is 6.92 Å². The van der Waals surface area contributed by atoms with Gasteiger partial charge in [-0.2, -0.15) is 0 Å². The third-order valence-corrected chi connectivity index (χ3v) is 7.31. The molecule has 11 heteroatoms. The summed E-state index contributed by atoms with van der Waals surface area (Å²) in [4.78, 5) is 29.4. The Morgan fingerprint density at radius 3 is 2.48 bits per heavy atom. The highest BCUT2D eigenvalue weighted by Gasteiger charge is 2.22. The summed E-state index contributed by atoms with van der Waals surface area (Å²) in [5.74, 6) is -1.31. The van der Waals surface area contributed by atoms with Crippen molar-refractivity contribution in [2.45, 2.75) is 17.0 Å². The van der Waals surface area contributed by atoms with Crippen molar-refractivity contribution < 1.29 is 22.7 Å². The summed E-state index contributed by atoms with van der Waals surface area (Å²) in [5.41, 5.74) is 1.76. The summed E-state index contributed by atoms with van der Waals surface area (Å²) in [6.07, 6.45) is 3.24. The van der Waals surface area contributed by atoms with Crippen molar-refractivity contribution >= 4 is 39.3 Å². The summed E-state index contributed by atoms with van der Waals surface area (Å²) in [6.45, 7) is 1.12. The van der Waals surface area contributed by atoms with Crippen molar-refractivity contribution in [3.8, 4) is 5.69 Å². The van der Waals surface area contributed by atoms with Crippen LogP contribution in [0.15, 0.2) is 64.8 Å². The van der Waals surface area contributed by atoms with Crippen molar-refractivity contribution in [1.82, 2.24) is 13.9 Å². The molecule has 0 fully saturated rings. The van der Waals surface area contributed by atoms with E-state index >= 15 is 0 Å². The van der Waals surface area contributed by atoms with E-state index in [1.807, 2.05) is 36.6 Å². The zero-order chi connectivity index (χ0) is 24.2. The molecule has 33 heavy (non-hydrogen) atoms. The Kier molecular flexibility index (Phi) is 7.57. The van der Waals surface area contributed by atoms with Gasteiger partial charge in [-0.25, -0.2) is 22.5 Å². The number of carbonyl (C=O) groups excluding carboxylic acids is 2. The van der Waals surface area contributed by atoms with E-state index in [1.54, 1.807) is 23.6 Å². The second-order valence-electron chi connectivity index (χ2n) is 7.19. The first-order valence-corrected chi connectivity index (χ1v) is 12.5. The number of ether oxygens (including phenoxy) is 1. The number of nitrogens with zero attached hydrogens (tertiary/aromatic N) is 3. The lowest BCUT2D eigenvalue weighted by atomic mass is 10.2. The Morgan fingerprint density at radius 1 is 1.15 bits per heavy atom. The standard InChI is InChI=1S/C22H24N4O5S2/c1-15-10-11-16(12-19(15)33(29,30)25(2)3)24-20(27)14-31-21(28)18-13-23-22(32-4)26(18)17-8-6-5-7-9-17/h5-13H,14H2,1-4H3,(H,24,27). The van der Waals surface area contributed by atoms with Crippen LogP contribution >= 0.6 is 11.8 Å². The number of hydrogen-bond donors (Lipinski definition) is 1. The van der Waals surface area contributed by atoms with E-state index in [9.17, 15) is 18.0 Å². The number of thioether (sulfide) groups is 1. The summed E-state index contributed by atoms with van der Waals surface area (Å²) < 4.78 is 32.9. The van der Waals surface area contributed by atoms with Crippen LogP contribution in [0.4, 0.5) is 5.69 Å². The van der Waals surface area contributed by atoms with E-state index in [0.717, 1.165) is 9.99 Å². The lowest BCUT2D eigenvalue weighted by Crippen LogP contribution is -2.24. The molecule has 2 aromatic carbocycles. The van der Waals surface area contributed by atoms with Crippen LogP contribution in [0.1, 0.15) is 16.1 Å². The molecule has 0 saturated heterocycles. The quantitative estimate of drug-likeness (QED) is 0.383. The molecule has 1 aromatic heterocycles. The molecular formula is C22H24N4O5S2. The van der Waals surface area contributed by atoms with Crippen LogP contribution in [0.25, 0.3) is 5.69 Å². The van der Waals surface area contributed by atoms with Crippen molar-refractivity contribution in [3.63, 3.8) is 0 Å². The molecular weight excluding hydrogens is 464 g/mol. The van der Waals surface area contributed by atoms with Gasteiger partial charge in [0.1, 0.15) is 0 Å². The average Bonchev–Trinajstić information content (AvgIpc) is 3.23. The maximum atomic E-state index is 12.7. The molecule has 3 aromatic rings. The second kappa shape index (κ2) is 10.2. The minimum atomic E-state index is -3.67. The minimum Gasteiger partial charge on any atom is -0.451 e. The third-order valence-electron chi connectivity index (χ3n) is 4.70. The van der Waals surface area contributed by atoms with Crippen molar-refractivity contribution in [1.29, 1.82) is 0 Å². The van der Waals surface area contributed by atoms with Gasteiger partial charge in [-0.05, 0) is 43.0 Å². The Labute approximate surface area is 196 Å². The molecule has 1 heterocycles. The van der Waals surface area contributed by atoms with Crippen LogP contribution < -0.4 is 5.32 Å². The van der Waals surface area contributed by atoms with Crippen molar-refractivity contribution in [2.24, 2.45) is 0 Å². The predicted molar refractivity (Wildman–Crippen MR) is 126 cm³/mol. The first-order chi connectivity index (χ1) is 15.6. The number of imidazole rings is 1. The minimum absolute atomic E-state index is 0.0821. The lowest BCUT2D eigenvalue weighted by molar-refractivity contribution is -0.119. The number of nitrogens with one attached hydrogen (secondary N) is 1. The molecule has 0 atom stereocenters. The highest BCUT2D eigenvalue weighted by Crippen LogP contribution is 2.23. The van der Waals surface area contributed by atoms with Gasteiger partial charge in [-0.1, -0.05) is 36.0 Å². The van der Waals surface area contributed by atoms with Crippen LogP contribution in [-0.4, -0.2) is 61.1 Å². The van der Waals surface area contributed by atoms with Gasteiger partial charge >= 0.3 is 5.97 Å². The summed E-state index contributed by atoms with van der Waals surface area (Å²) >= 11 is 1.37. The van der Waals surface area contributed by atoms with Gasteiger partial charge < -0.3 is 10.1 Å². The van der Waals surface area contributed by atoms with Gasteiger partial charge in [0, 0.05) is 25.5 Å². The average molecular weight is 489 g/mol.